The van der Waals surface area contributed by atoms with Crippen molar-refractivity contribution in [1.82, 2.24) is 9.55 Å². The third-order valence-corrected chi connectivity index (χ3v) is 2.10. The number of hydrazine groups is 1. The Balaban J connectivity index is 0.000000980. The van der Waals surface area contributed by atoms with E-state index >= 15 is 0 Å². The summed E-state index contributed by atoms with van der Waals surface area (Å²) in [5.41, 5.74) is 4.67. The van der Waals surface area contributed by atoms with Crippen LogP contribution in [0, 0.1) is 0 Å². The molecule has 2 aromatic rings. The van der Waals surface area contributed by atoms with E-state index in [9.17, 15) is 0 Å². The van der Waals surface area contributed by atoms with Crippen LogP contribution in [0.2, 0.25) is 0 Å². The molecule has 0 unspecified atom stereocenters. The van der Waals surface area contributed by atoms with Crippen LogP contribution in [0.15, 0.2) is 24.3 Å². The van der Waals surface area contributed by atoms with Gasteiger partial charge in [0.05, 0.1) is 11.0 Å². The molecular formula is C9H13ClN4. The highest BCUT2D eigenvalue weighted by atomic mass is 35.5. The van der Waals surface area contributed by atoms with Crippen molar-refractivity contribution in [3.63, 3.8) is 0 Å². The number of aryl methyl sites for hydroxylation is 1. The van der Waals surface area contributed by atoms with E-state index in [2.05, 4.69) is 17.3 Å². The Morgan fingerprint density at radius 1 is 1.43 bits per heavy atom. The molecule has 0 aliphatic heterocycles. The molecule has 0 saturated heterocycles. The van der Waals surface area contributed by atoms with E-state index in [1.807, 2.05) is 28.8 Å². The molecule has 1 aromatic carbocycles. The van der Waals surface area contributed by atoms with Gasteiger partial charge in [-0.15, -0.1) is 12.4 Å². The lowest BCUT2D eigenvalue weighted by Gasteiger charge is -2.03. The van der Waals surface area contributed by atoms with Crippen molar-refractivity contribution in [2.75, 3.05) is 5.43 Å². The number of rotatable bonds is 2. The summed E-state index contributed by atoms with van der Waals surface area (Å²) in [4.78, 5) is 4.33. The van der Waals surface area contributed by atoms with E-state index in [0.29, 0.717) is 5.95 Å². The number of aromatic nitrogens is 2. The van der Waals surface area contributed by atoms with E-state index in [4.69, 9.17) is 5.84 Å². The van der Waals surface area contributed by atoms with Gasteiger partial charge in [-0.05, 0) is 19.1 Å². The number of hydrogen-bond acceptors (Lipinski definition) is 3. The van der Waals surface area contributed by atoms with Crippen LogP contribution >= 0.6 is 12.4 Å². The molecular weight excluding hydrogens is 200 g/mol. The highest BCUT2D eigenvalue weighted by molar-refractivity contribution is 5.85. The first-order valence-corrected chi connectivity index (χ1v) is 4.28. The van der Waals surface area contributed by atoms with Crippen molar-refractivity contribution in [3.8, 4) is 0 Å². The zero-order valence-electron chi connectivity index (χ0n) is 7.90. The number of anilines is 1. The fourth-order valence-electron chi connectivity index (χ4n) is 1.51. The number of nitrogens with one attached hydrogen (secondary N) is 1. The monoisotopic (exact) mass is 212 g/mol. The van der Waals surface area contributed by atoms with Gasteiger partial charge in [0.15, 0.2) is 0 Å². The van der Waals surface area contributed by atoms with Crippen LogP contribution in [0.3, 0.4) is 0 Å². The number of imidazole rings is 1. The molecule has 3 N–H and O–H groups in total. The van der Waals surface area contributed by atoms with Crippen molar-refractivity contribution in [3.05, 3.63) is 24.3 Å². The van der Waals surface area contributed by atoms with Crippen molar-refractivity contribution in [2.24, 2.45) is 5.84 Å². The number of nitrogen functional groups attached to an aromatic ring is 1. The molecule has 0 saturated carbocycles. The van der Waals surface area contributed by atoms with Crippen LogP contribution < -0.4 is 11.3 Å². The van der Waals surface area contributed by atoms with Crippen molar-refractivity contribution in [1.29, 1.82) is 0 Å². The van der Waals surface area contributed by atoms with Crippen LogP contribution in [0.5, 0.6) is 0 Å². The lowest BCUT2D eigenvalue weighted by molar-refractivity contribution is 0.791. The second-order valence-corrected chi connectivity index (χ2v) is 2.81. The highest BCUT2D eigenvalue weighted by Gasteiger charge is 2.05. The Kier molecular flexibility index (Phi) is 3.33. The number of para-hydroxylation sites is 2. The van der Waals surface area contributed by atoms with Gasteiger partial charge >= 0.3 is 0 Å². The fraction of sp³-hybridized carbons (Fsp3) is 0.222. The maximum Gasteiger partial charge on any atom is 0.218 e. The van der Waals surface area contributed by atoms with Gasteiger partial charge in [-0.25, -0.2) is 10.8 Å². The average molecular weight is 213 g/mol. The maximum atomic E-state index is 5.36. The number of hydrogen-bond donors (Lipinski definition) is 2. The van der Waals surface area contributed by atoms with E-state index in [-0.39, 0.29) is 12.4 Å². The normalized spacial score (nSPS) is 9.86. The van der Waals surface area contributed by atoms with E-state index in [1.54, 1.807) is 0 Å². The third-order valence-electron chi connectivity index (χ3n) is 2.10. The van der Waals surface area contributed by atoms with Gasteiger partial charge in [-0.3, -0.25) is 5.43 Å². The summed E-state index contributed by atoms with van der Waals surface area (Å²) in [6.45, 7) is 2.93. The molecule has 0 spiro atoms. The lowest BCUT2D eigenvalue weighted by Crippen LogP contribution is -2.12. The molecule has 1 aromatic heterocycles. The SMILES string of the molecule is CCn1c(NN)nc2ccccc21.Cl. The predicted molar refractivity (Wildman–Crippen MR) is 60.5 cm³/mol. The zero-order chi connectivity index (χ0) is 9.26. The molecule has 0 fully saturated rings. The summed E-state index contributed by atoms with van der Waals surface area (Å²) < 4.78 is 2.04. The average Bonchev–Trinajstić information content (AvgIpc) is 2.55. The predicted octanol–water partition coefficient (Wildman–Crippen LogP) is 1.76. The molecule has 1 heterocycles. The molecule has 0 amide bonds. The topological polar surface area (TPSA) is 55.9 Å². The van der Waals surface area contributed by atoms with Crippen LogP contribution in [-0.4, -0.2) is 9.55 Å². The van der Waals surface area contributed by atoms with Gasteiger partial charge in [-0.1, -0.05) is 12.1 Å². The molecule has 0 aliphatic rings. The molecule has 14 heavy (non-hydrogen) atoms. The van der Waals surface area contributed by atoms with Gasteiger partial charge in [0.1, 0.15) is 0 Å². The smallest absolute Gasteiger partial charge is 0.218 e. The Bertz CT molecular complexity index is 424. The first-order valence-electron chi connectivity index (χ1n) is 4.28. The Morgan fingerprint density at radius 2 is 2.14 bits per heavy atom. The minimum atomic E-state index is 0. The van der Waals surface area contributed by atoms with E-state index in [1.165, 1.54) is 0 Å². The number of nitrogens with zero attached hydrogens (tertiary/aromatic N) is 2. The second kappa shape index (κ2) is 4.30. The lowest BCUT2D eigenvalue weighted by atomic mass is 10.3. The summed E-state index contributed by atoms with van der Waals surface area (Å²) in [7, 11) is 0. The van der Waals surface area contributed by atoms with Crippen LogP contribution in [0.25, 0.3) is 11.0 Å². The Labute approximate surface area is 88.5 Å². The zero-order valence-corrected chi connectivity index (χ0v) is 8.71. The van der Waals surface area contributed by atoms with Gasteiger partial charge in [0, 0.05) is 6.54 Å². The van der Waals surface area contributed by atoms with Crippen molar-refractivity contribution < 1.29 is 0 Å². The Morgan fingerprint density at radius 3 is 2.79 bits per heavy atom. The first kappa shape index (κ1) is 10.8. The standard InChI is InChI=1S/C9H12N4.ClH/c1-2-13-8-6-4-3-5-7(8)11-9(13)12-10;/h3-6H,2,10H2,1H3,(H,11,12);1H. The minimum Gasteiger partial charge on any atom is -0.309 e. The molecule has 76 valence electrons. The third kappa shape index (κ3) is 1.54. The number of nitrogens with two attached hydrogens (primary N) is 1. The first-order chi connectivity index (χ1) is 6.36. The quantitative estimate of drug-likeness (QED) is 0.589. The Hall–Kier alpha value is -1.26. The molecule has 0 atom stereocenters. The summed E-state index contributed by atoms with van der Waals surface area (Å²) in [5, 5.41) is 0. The fourth-order valence-corrected chi connectivity index (χ4v) is 1.51. The van der Waals surface area contributed by atoms with Crippen molar-refractivity contribution >= 4 is 29.4 Å². The second-order valence-electron chi connectivity index (χ2n) is 2.81. The summed E-state index contributed by atoms with van der Waals surface area (Å²) in [5.74, 6) is 6.07. The van der Waals surface area contributed by atoms with E-state index in [0.717, 1.165) is 17.6 Å². The summed E-state index contributed by atoms with van der Waals surface area (Å²) in [6.07, 6.45) is 0. The van der Waals surface area contributed by atoms with Gasteiger partial charge in [0.2, 0.25) is 5.95 Å². The summed E-state index contributed by atoms with van der Waals surface area (Å²) in [6, 6.07) is 7.97. The number of fused-ring (bicyclic) bond motifs is 1. The minimum absolute atomic E-state index is 0. The van der Waals surface area contributed by atoms with Crippen LogP contribution in [-0.2, 0) is 6.54 Å². The van der Waals surface area contributed by atoms with Crippen LogP contribution in [0.4, 0.5) is 5.95 Å². The van der Waals surface area contributed by atoms with Gasteiger partial charge < -0.3 is 4.57 Å². The van der Waals surface area contributed by atoms with Gasteiger partial charge in [0.25, 0.3) is 0 Å². The highest BCUT2D eigenvalue weighted by Crippen LogP contribution is 2.17. The molecule has 0 aliphatic carbocycles. The van der Waals surface area contributed by atoms with E-state index < -0.39 is 0 Å². The largest absolute Gasteiger partial charge is 0.309 e. The van der Waals surface area contributed by atoms with Crippen LogP contribution in [0.1, 0.15) is 6.92 Å². The molecule has 0 radical (unpaired) electrons. The molecule has 2 rings (SSSR count). The summed E-state index contributed by atoms with van der Waals surface area (Å²) >= 11 is 0. The number of halogens is 1. The van der Waals surface area contributed by atoms with Gasteiger partial charge in [-0.2, -0.15) is 0 Å². The number of benzene rings is 1. The molecule has 4 nitrogen and oxygen atoms in total. The maximum absolute atomic E-state index is 5.36. The molecule has 5 heteroatoms. The molecule has 0 bridgehead atoms. The van der Waals surface area contributed by atoms with Crippen molar-refractivity contribution in [2.45, 2.75) is 13.5 Å².